The van der Waals surface area contributed by atoms with Crippen LogP contribution in [0.15, 0.2) is 24.3 Å². The predicted octanol–water partition coefficient (Wildman–Crippen LogP) is 4.08. The first kappa shape index (κ1) is 21.0. The number of imide groups is 1. The number of alkyl carbamates (subject to hydrolysis) is 1. The Bertz CT molecular complexity index is 924. The van der Waals surface area contributed by atoms with Gasteiger partial charge in [0.25, 0.3) is 5.91 Å². The molecule has 1 aromatic heterocycles. The van der Waals surface area contributed by atoms with Gasteiger partial charge in [-0.3, -0.25) is 14.9 Å². The van der Waals surface area contributed by atoms with Crippen LogP contribution >= 0.6 is 11.3 Å². The fraction of sp³-hybridized carbons (Fsp3) is 0.381. The van der Waals surface area contributed by atoms with Crippen LogP contribution in [-0.2, 0) is 28.8 Å². The van der Waals surface area contributed by atoms with Crippen molar-refractivity contribution in [2.24, 2.45) is 5.92 Å². The van der Waals surface area contributed by atoms with Gasteiger partial charge in [-0.25, -0.2) is 9.18 Å². The first-order valence-electron chi connectivity index (χ1n) is 9.54. The average molecular weight is 418 g/mol. The van der Waals surface area contributed by atoms with Gasteiger partial charge < -0.3 is 10.1 Å². The predicted molar refractivity (Wildman–Crippen MR) is 109 cm³/mol. The molecule has 1 aliphatic carbocycles. The number of thiophene rings is 1. The van der Waals surface area contributed by atoms with Gasteiger partial charge in [-0.15, -0.1) is 11.3 Å². The second kappa shape index (κ2) is 9.17. The molecular weight excluding hydrogens is 395 g/mol. The number of fused-ring (bicyclic) bond motifs is 1. The Hall–Kier alpha value is -2.74. The van der Waals surface area contributed by atoms with Gasteiger partial charge in [-0.05, 0) is 55.4 Å². The summed E-state index contributed by atoms with van der Waals surface area (Å²) in [6.45, 7) is 3.95. The molecule has 1 unspecified atom stereocenters. The normalized spacial score (nSPS) is 15.3. The highest BCUT2D eigenvalue weighted by molar-refractivity contribution is 7.17. The van der Waals surface area contributed by atoms with E-state index < -0.39 is 12.0 Å². The number of nitrogens with one attached hydrogen (secondary N) is 2. The van der Waals surface area contributed by atoms with E-state index in [2.05, 4.69) is 17.6 Å². The van der Waals surface area contributed by atoms with Crippen molar-refractivity contribution in [1.82, 2.24) is 5.32 Å². The molecule has 0 spiro atoms. The minimum Gasteiger partial charge on any atom is -0.450 e. The number of carbonyl (C=O) groups excluding carboxylic acids is 3. The van der Waals surface area contributed by atoms with Crippen molar-refractivity contribution >= 4 is 34.2 Å². The number of hydrogen-bond donors (Lipinski definition) is 2. The molecule has 0 radical (unpaired) electrons. The first-order valence-corrected chi connectivity index (χ1v) is 10.4. The summed E-state index contributed by atoms with van der Waals surface area (Å²) in [5.41, 5.74) is 1.88. The molecule has 6 nitrogen and oxygen atoms in total. The number of benzene rings is 1. The molecule has 29 heavy (non-hydrogen) atoms. The molecule has 3 amide bonds. The fourth-order valence-electron chi connectivity index (χ4n) is 3.36. The van der Waals surface area contributed by atoms with E-state index >= 15 is 0 Å². The molecular formula is C21H23FN2O4S. The van der Waals surface area contributed by atoms with Crippen molar-refractivity contribution in [3.63, 3.8) is 0 Å². The van der Waals surface area contributed by atoms with Crippen molar-refractivity contribution in [3.8, 4) is 0 Å². The largest absolute Gasteiger partial charge is 0.450 e. The lowest BCUT2D eigenvalue weighted by Gasteiger charge is -2.18. The Morgan fingerprint density at radius 1 is 1.24 bits per heavy atom. The summed E-state index contributed by atoms with van der Waals surface area (Å²) in [4.78, 5) is 38.0. The second-order valence-electron chi connectivity index (χ2n) is 7.08. The molecule has 3 rings (SSSR count). The van der Waals surface area contributed by atoms with E-state index in [0.29, 0.717) is 28.5 Å². The van der Waals surface area contributed by atoms with Crippen LogP contribution in [0.25, 0.3) is 0 Å². The van der Waals surface area contributed by atoms with Crippen molar-refractivity contribution < 1.29 is 23.5 Å². The number of carbonyl (C=O) groups is 3. The van der Waals surface area contributed by atoms with Crippen LogP contribution in [0, 0.1) is 11.7 Å². The maximum atomic E-state index is 13.1. The lowest BCUT2D eigenvalue weighted by molar-refractivity contribution is -0.115. The molecule has 1 aromatic carbocycles. The summed E-state index contributed by atoms with van der Waals surface area (Å²) in [5.74, 6) is -0.766. The van der Waals surface area contributed by atoms with Gasteiger partial charge in [0.2, 0.25) is 5.91 Å². The quantitative estimate of drug-likeness (QED) is 0.766. The van der Waals surface area contributed by atoms with Crippen LogP contribution in [0.3, 0.4) is 0 Å². The highest BCUT2D eigenvalue weighted by atomic mass is 32.1. The van der Waals surface area contributed by atoms with E-state index in [1.807, 2.05) is 0 Å². The maximum absolute atomic E-state index is 13.1. The Morgan fingerprint density at radius 2 is 1.97 bits per heavy atom. The smallest absolute Gasteiger partial charge is 0.414 e. The Morgan fingerprint density at radius 3 is 2.66 bits per heavy atom. The van der Waals surface area contributed by atoms with Crippen molar-refractivity contribution in [2.75, 3.05) is 11.9 Å². The van der Waals surface area contributed by atoms with Crippen molar-refractivity contribution in [2.45, 2.75) is 39.5 Å². The van der Waals surface area contributed by atoms with Gasteiger partial charge in [0.15, 0.2) is 0 Å². The lowest BCUT2D eigenvalue weighted by Crippen LogP contribution is -2.32. The zero-order valence-corrected chi connectivity index (χ0v) is 17.2. The number of ether oxygens (including phenoxy) is 1. The molecule has 1 atom stereocenters. The third-order valence-electron chi connectivity index (χ3n) is 4.76. The summed E-state index contributed by atoms with van der Waals surface area (Å²) in [5, 5.41) is 5.46. The van der Waals surface area contributed by atoms with Crippen LogP contribution in [0.2, 0.25) is 0 Å². The summed E-state index contributed by atoms with van der Waals surface area (Å²) < 4.78 is 17.8. The fourth-order valence-corrected chi connectivity index (χ4v) is 4.78. The molecule has 0 aliphatic heterocycles. The summed E-state index contributed by atoms with van der Waals surface area (Å²) >= 11 is 1.37. The van der Waals surface area contributed by atoms with Gasteiger partial charge >= 0.3 is 6.09 Å². The number of amides is 3. The minimum absolute atomic E-state index is 0.0538. The maximum Gasteiger partial charge on any atom is 0.414 e. The van der Waals surface area contributed by atoms with Crippen LogP contribution in [0.1, 0.15) is 46.6 Å². The van der Waals surface area contributed by atoms with Crippen LogP contribution < -0.4 is 10.6 Å². The van der Waals surface area contributed by atoms with E-state index in [1.165, 1.54) is 23.5 Å². The number of anilines is 1. The van der Waals surface area contributed by atoms with E-state index in [0.717, 1.165) is 23.3 Å². The van der Waals surface area contributed by atoms with Crippen LogP contribution in [0.5, 0.6) is 0 Å². The molecule has 0 fully saturated rings. The molecule has 1 aliphatic rings. The molecule has 1 heterocycles. The third-order valence-corrected chi connectivity index (χ3v) is 5.93. The van der Waals surface area contributed by atoms with E-state index in [9.17, 15) is 18.8 Å². The third kappa shape index (κ3) is 5.20. The highest BCUT2D eigenvalue weighted by Gasteiger charge is 2.29. The first-order chi connectivity index (χ1) is 13.9. The second-order valence-corrected chi connectivity index (χ2v) is 8.19. The lowest BCUT2D eigenvalue weighted by atomic mass is 9.88. The van der Waals surface area contributed by atoms with E-state index in [-0.39, 0.29) is 24.8 Å². The van der Waals surface area contributed by atoms with E-state index in [1.54, 1.807) is 19.1 Å². The van der Waals surface area contributed by atoms with Gasteiger partial charge in [0.05, 0.1) is 18.6 Å². The SMILES string of the molecule is CCOC(=O)NC(=O)c1c(NC(=O)Cc2ccc(F)cc2)sc2c1CCC(C)C2. The van der Waals surface area contributed by atoms with Crippen molar-refractivity contribution in [1.29, 1.82) is 0 Å². The zero-order chi connectivity index (χ0) is 21.0. The molecule has 2 aromatic rings. The van der Waals surface area contributed by atoms with Gasteiger partial charge in [0.1, 0.15) is 10.8 Å². The summed E-state index contributed by atoms with van der Waals surface area (Å²) in [7, 11) is 0. The summed E-state index contributed by atoms with van der Waals surface area (Å²) in [6.07, 6.45) is 1.72. The van der Waals surface area contributed by atoms with E-state index in [4.69, 9.17) is 4.74 Å². The Kier molecular flexibility index (Phi) is 6.64. The molecule has 2 N–H and O–H groups in total. The number of rotatable bonds is 5. The Labute approximate surface area is 172 Å². The molecule has 0 saturated heterocycles. The highest BCUT2D eigenvalue weighted by Crippen LogP contribution is 2.39. The minimum atomic E-state index is -0.815. The zero-order valence-electron chi connectivity index (χ0n) is 16.3. The topological polar surface area (TPSA) is 84.5 Å². The molecule has 0 bridgehead atoms. The Balaban J connectivity index is 1.82. The monoisotopic (exact) mass is 418 g/mol. The average Bonchev–Trinajstić information content (AvgIpc) is 3.00. The molecule has 154 valence electrons. The van der Waals surface area contributed by atoms with Crippen LogP contribution in [-0.4, -0.2) is 24.5 Å². The van der Waals surface area contributed by atoms with Gasteiger partial charge in [0, 0.05) is 4.88 Å². The molecule has 0 saturated carbocycles. The van der Waals surface area contributed by atoms with Crippen LogP contribution in [0.4, 0.5) is 14.2 Å². The standard InChI is InChI=1S/C21H23FN2O4S/c1-3-28-21(27)24-19(26)18-15-9-4-12(2)10-16(15)29-20(18)23-17(25)11-13-5-7-14(22)8-6-13/h5-8,12H,3-4,9-11H2,1-2H3,(H,23,25)(H,24,26,27). The number of halogens is 1. The van der Waals surface area contributed by atoms with Gasteiger partial charge in [-0.1, -0.05) is 19.1 Å². The summed E-state index contributed by atoms with van der Waals surface area (Å²) in [6, 6.07) is 5.69. The molecule has 8 heteroatoms. The van der Waals surface area contributed by atoms with Crippen molar-refractivity contribution in [3.05, 3.63) is 51.7 Å². The van der Waals surface area contributed by atoms with Gasteiger partial charge in [-0.2, -0.15) is 0 Å². The number of hydrogen-bond acceptors (Lipinski definition) is 5.